The lowest BCUT2D eigenvalue weighted by molar-refractivity contribution is 0.333. The van der Waals surface area contributed by atoms with E-state index in [1.54, 1.807) is 6.33 Å². The van der Waals surface area contributed by atoms with Gasteiger partial charge in [-0.1, -0.05) is 0 Å². The lowest BCUT2D eigenvalue weighted by Crippen LogP contribution is -2.21. The second-order valence-corrected chi connectivity index (χ2v) is 3.45. The van der Waals surface area contributed by atoms with Crippen molar-refractivity contribution in [2.45, 2.75) is 19.4 Å². The normalized spacial score (nSPS) is 27.2. The molecule has 0 spiro atoms. The molecule has 0 aliphatic carbocycles. The van der Waals surface area contributed by atoms with Crippen molar-refractivity contribution < 1.29 is 0 Å². The Morgan fingerprint density at radius 2 is 2.46 bits per heavy atom. The van der Waals surface area contributed by atoms with Crippen molar-refractivity contribution in [1.29, 1.82) is 0 Å². The predicted octanol–water partition coefficient (Wildman–Crippen LogP) is 0.206. The zero-order chi connectivity index (χ0) is 9.26. The van der Waals surface area contributed by atoms with E-state index in [9.17, 15) is 0 Å². The van der Waals surface area contributed by atoms with Gasteiger partial charge in [-0.05, 0) is 14.0 Å². The van der Waals surface area contributed by atoms with E-state index >= 15 is 0 Å². The van der Waals surface area contributed by atoms with Gasteiger partial charge < -0.3 is 0 Å². The summed E-state index contributed by atoms with van der Waals surface area (Å²) in [5, 5.41) is 8.27. The second-order valence-electron chi connectivity index (χ2n) is 3.45. The molecule has 1 aliphatic heterocycles. The second kappa shape index (κ2) is 3.26. The van der Waals surface area contributed by atoms with Crippen LogP contribution in [0.4, 0.5) is 0 Å². The number of hydrogen-bond acceptors (Lipinski definition) is 4. The van der Waals surface area contributed by atoms with Crippen LogP contribution in [0.5, 0.6) is 0 Å². The van der Waals surface area contributed by atoms with Gasteiger partial charge in [-0.15, -0.1) is 9.89 Å². The first-order valence-electron chi connectivity index (χ1n) is 4.37. The Bertz CT molecular complexity index is 290. The summed E-state index contributed by atoms with van der Waals surface area (Å²) in [7, 11) is 2.11. The highest BCUT2D eigenvalue weighted by Gasteiger charge is 2.21. The van der Waals surface area contributed by atoms with Gasteiger partial charge in [0.2, 0.25) is 0 Å². The van der Waals surface area contributed by atoms with Crippen molar-refractivity contribution in [3.8, 4) is 0 Å². The summed E-state index contributed by atoms with van der Waals surface area (Å²) < 4.78 is 0. The topological polar surface area (TPSA) is 46.3 Å². The third-order valence-corrected chi connectivity index (χ3v) is 2.37. The molecule has 1 fully saturated rings. The molecule has 0 amide bonds. The minimum Gasteiger partial charge on any atom is -0.298 e. The molecule has 2 heterocycles. The maximum atomic E-state index is 4.34. The molecule has 0 radical (unpaired) electrons. The van der Waals surface area contributed by atoms with Crippen molar-refractivity contribution in [2.75, 3.05) is 13.6 Å². The van der Waals surface area contributed by atoms with Gasteiger partial charge in [-0.25, -0.2) is 4.98 Å². The summed E-state index contributed by atoms with van der Waals surface area (Å²) in [6.07, 6.45) is 4.12. The molecule has 1 aromatic heterocycles. The van der Waals surface area contributed by atoms with Crippen LogP contribution in [0.15, 0.2) is 17.8 Å². The molecule has 0 saturated carbocycles. The Labute approximate surface area is 77.1 Å². The Morgan fingerprint density at radius 3 is 3.00 bits per heavy atom. The summed E-state index contributed by atoms with van der Waals surface area (Å²) >= 11 is 0. The summed E-state index contributed by atoms with van der Waals surface area (Å²) in [5.74, 6) is 0. The lowest BCUT2D eigenvalue weighted by atomic mass is 10.2. The maximum absolute atomic E-state index is 4.34. The van der Waals surface area contributed by atoms with Gasteiger partial charge in [0.25, 0.3) is 0 Å². The van der Waals surface area contributed by atoms with Crippen LogP contribution >= 0.6 is 0 Å². The summed E-state index contributed by atoms with van der Waals surface area (Å²) in [4.78, 5) is 7.62. The molecule has 1 unspecified atom stereocenters. The first-order chi connectivity index (χ1) is 6.25. The number of hydrogen-bond donors (Lipinski definition) is 0. The molecule has 1 atom stereocenters. The van der Waals surface area contributed by atoms with Gasteiger partial charge in [0, 0.05) is 19.0 Å². The van der Waals surface area contributed by atoms with E-state index in [2.05, 4.69) is 34.1 Å². The summed E-state index contributed by atoms with van der Waals surface area (Å²) in [5.41, 5.74) is 1.17. The SMILES string of the molecule is CC1C/C(=N\n2cncn2)CN1C. The first kappa shape index (κ1) is 8.37. The molecule has 13 heavy (non-hydrogen) atoms. The van der Waals surface area contributed by atoms with Gasteiger partial charge in [0.15, 0.2) is 0 Å². The third kappa shape index (κ3) is 1.75. The minimum atomic E-state index is 0.585. The zero-order valence-corrected chi connectivity index (χ0v) is 7.88. The predicted molar refractivity (Wildman–Crippen MR) is 49.6 cm³/mol. The molecule has 1 saturated heterocycles. The van der Waals surface area contributed by atoms with Crippen LogP contribution in [0.25, 0.3) is 0 Å². The quantitative estimate of drug-likeness (QED) is 0.619. The van der Waals surface area contributed by atoms with E-state index in [0.717, 1.165) is 13.0 Å². The number of aromatic nitrogens is 3. The Balaban J connectivity index is 2.11. The smallest absolute Gasteiger partial charge is 0.139 e. The lowest BCUT2D eigenvalue weighted by Gasteiger charge is -2.11. The maximum Gasteiger partial charge on any atom is 0.139 e. The summed E-state index contributed by atoms with van der Waals surface area (Å²) in [6, 6.07) is 0.585. The molecule has 2 rings (SSSR count). The molecule has 1 aliphatic rings. The average Bonchev–Trinajstić information content (AvgIpc) is 2.64. The van der Waals surface area contributed by atoms with Crippen LogP contribution in [-0.2, 0) is 0 Å². The van der Waals surface area contributed by atoms with Gasteiger partial charge in [0.05, 0.1) is 5.71 Å². The fourth-order valence-corrected chi connectivity index (χ4v) is 1.48. The largest absolute Gasteiger partial charge is 0.298 e. The zero-order valence-electron chi connectivity index (χ0n) is 7.88. The average molecular weight is 179 g/mol. The number of rotatable bonds is 1. The minimum absolute atomic E-state index is 0.585. The molecule has 5 heteroatoms. The van der Waals surface area contributed by atoms with E-state index in [-0.39, 0.29) is 0 Å². The van der Waals surface area contributed by atoms with Crippen molar-refractivity contribution in [1.82, 2.24) is 19.8 Å². The van der Waals surface area contributed by atoms with Crippen molar-refractivity contribution >= 4 is 5.71 Å². The molecule has 0 N–H and O–H groups in total. The van der Waals surface area contributed by atoms with E-state index in [4.69, 9.17) is 0 Å². The highest BCUT2D eigenvalue weighted by molar-refractivity contribution is 5.88. The van der Waals surface area contributed by atoms with Crippen LogP contribution in [-0.4, -0.2) is 45.1 Å². The molecule has 1 aromatic rings. The molecule has 0 aromatic carbocycles. The first-order valence-corrected chi connectivity index (χ1v) is 4.37. The monoisotopic (exact) mass is 179 g/mol. The van der Waals surface area contributed by atoms with Gasteiger partial charge in [-0.3, -0.25) is 4.90 Å². The van der Waals surface area contributed by atoms with Gasteiger partial charge in [-0.2, -0.15) is 5.10 Å². The van der Waals surface area contributed by atoms with Gasteiger partial charge >= 0.3 is 0 Å². The van der Waals surface area contributed by atoms with Crippen molar-refractivity contribution in [3.05, 3.63) is 12.7 Å². The summed E-state index contributed by atoms with van der Waals surface area (Å²) in [6.45, 7) is 3.13. The van der Waals surface area contributed by atoms with E-state index < -0.39 is 0 Å². The molecular weight excluding hydrogens is 166 g/mol. The molecule has 0 bridgehead atoms. The highest BCUT2D eigenvalue weighted by Crippen LogP contribution is 2.11. The van der Waals surface area contributed by atoms with Crippen LogP contribution in [0, 0.1) is 0 Å². The van der Waals surface area contributed by atoms with Crippen LogP contribution in [0.2, 0.25) is 0 Å². The van der Waals surface area contributed by atoms with E-state index in [0.29, 0.717) is 6.04 Å². The Kier molecular flexibility index (Phi) is 2.10. The van der Waals surface area contributed by atoms with Crippen molar-refractivity contribution in [3.63, 3.8) is 0 Å². The molecule has 5 nitrogen and oxygen atoms in total. The highest BCUT2D eigenvalue weighted by atomic mass is 15.5. The fraction of sp³-hybridized carbons (Fsp3) is 0.625. The number of nitrogens with zero attached hydrogens (tertiary/aromatic N) is 5. The van der Waals surface area contributed by atoms with Gasteiger partial charge in [0.1, 0.15) is 12.7 Å². The van der Waals surface area contributed by atoms with E-state index in [1.807, 2.05) is 0 Å². The van der Waals surface area contributed by atoms with Crippen LogP contribution < -0.4 is 0 Å². The Hall–Kier alpha value is -1.23. The number of likely N-dealkylation sites (tertiary alicyclic amines) is 1. The Morgan fingerprint density at radius 1 is 1.62 bits per heavy atom. The van der Waals surface area contributed by atoms with Crippen molar-refractivity contribution in [2.24, 2.45) is 5.10 Å². The fourth-order valence-electron chi connectivity index (χ4n) is 1.48. The molecule has 70 valence electrons. The third-order valence-electron chi connectivity index (χ3n) is 2.37. The van der Waals surface area contributed by atoms with E-state index in [1.165, 1.54) is 16.8 Å². The standard InChI is InChI=1S/C8H13N5/c1-7-3-8(4-12(7)2)11-13-6-9-5-10-13/h5-7H,3-4H2,1-2H3/b11-8+. The molecular formula is C8H13N5. The van der Waals surface area contributed by atoms with Crippen LogP contribution in [0.3, 0.4) is 0 Å². The van der Waals surface area contributed by atoms with Crippen LogP contribution in [0.1, 0.15) is 13.3 Å².